The van der Waals surface area contributed by atoms with Gasteiger partial charge in [-0.1, -0.05) is 12.2 Å². The molecule has 6 aliphatic rings. The summed E-state index contributed by atoms with van der Waals surface area (Å²) >= 11 is 0. The van der Waals surface area contributed by atoms with Gasteiger partial charge in [-0.15, -0.1) is 0 Å². The lowest BCUT2D eigenvalue weighted by Gasteiger charge is -2.42. The summed E-state index contributed by atoms with van der Waals surface area (Å²) in [6.07, 6.45) is 5.65. The summed E-state index contributed by atoms with van der Waals surface area (Å²) in [7, 11) is 0. The molecule has 1 aliphatic heterocycles. The molecule has 0 aromatic rings. The van der Waals surface area contributed by atoms with E-state index < -0.39 is 0 Å². The van der Waals surface area contributed by atoms with Crippen LogP contribution in [-0.4, -0.2) is 16.8 Å². The number of hydrazine groups is 1. The van der Waals surface area contributed by atoms with E-state index in [4.69, 9.17) is 5.84 Å². The predicted octanol–water partition coefficient (Wildman–Crippen LogP) is -0.0868. The van der Waals surface area contributed by atoms with Crippen LogP contribution >= 0.6 is 0 Å². The molecule has 82 valence electrons. The van der Waals surface area contributed by atoms with Gasteiger partial charge in [0.05, 0.1) is 11.8 Å². The maximum Gasteiger partial charge on any atom is 0.248 e. The van der Waals surface area contributed by atoms with E-state index in [0.717, 1.165) is 10.9 Å². The van der Waals surface area contributed by atoms with Crippen molar-refractivity contribution >= 4 is 11.8 Å². The third-order valence-electron chi connectivity index (χ3n) is 5.86. The lowest BCUT2D eigenvalue weighted by molar-refractivity contribution is -0.140. The molecule has 4 nitrogen and oxygen atoms in total. The standard InChI is InChI=1S/C12H12N2O2/c13-14-10(15)7-4-1-2-5(8(7)11(14)16)12-3-6(12)9(4)12/h1-2,4-9H,3,13H2. The number of rotatable bonds is 0. The SMILES string of the molecule is NN1C(=O)C2C3C=CC(C2C1=O)C12CC1C32. The van der Waals surface area contributed by atoms with Gasteiger partial charge in [0, 0.05) is 0 Å². The number of nitrogens with zero attached hydrogens (tertiary/aromatic N) is 1. The first kappa shape index (κ1) is 8.01. The average Bonchev–Trinajstić information content (AvgIpc) is 3.11. The quantitative estimate of drug-likeness (QED) is 0.266. The topological polar surface area (TPSA) is 63.4 Å². The smallest absolute Gasteiger partial charge is 0.248 e. The van der Waals surface area contributed by atoms with Gasteiger partial charge in [-0.05, 0) is 35.5 Å². The fourth-order valence-corrected chi connectivity index (χ4v) is 5.09. The van der Waals surface area contributed by atoms with Crippen LogP contribution in [-0.2, 0) is 9.59 Å². The van der Waals surface area contributed by atoms with Crippen molar-refractivity contribution in [2.75, 3.05) is 0 Å². The van der Waals surface area contributed by atoms with Crippen LogP contribution in [0.25, 0.3) is 0 Å². The second kappa shape index (κ2) is 1.88. The van der Waals surface area contributed by atoms with Crippen molar-refractivity contribution in [2.45, 2.75) is 6.42 Å². The molecule has 2 amide bonds. The number of hydrogen-bond acceptors (Lipinski definition) is 3. The van der Waals surface area contributed by atoms with Gasteiger partial charge in [-0.3, -0.25) is 9.59 Å². The van der Waals surface area contributed by atoms with Gasteiger partial charge in [0.1, 0.15) is 0 Å². The molecule has 3 saturated carbocycles. The summed E-state index contributed by atoms with van der Waals surface area (Å²) in [5, 5.41) is 0.876. The fourth-order valence-electron chi connectivity index (χ4n) is 5.09. The van der Waals surface area contributed by atoms with Gasteiger partial charge in [0.25, 0.3) is 0 Å². The van der Waals surface area contributed by atoms with Gasteiger partial charge < -0.3 is 0 Å². The molecule has 2 bridgehead atoms. The maximum absolute atomic E-state index is 12.0. The number of carbonyl (C=O) groups excluding carboxylic acids is 2. The Balaban J connectivity index is 1.72. The highest BCUT2D eigenvalue weighted by Crippen LogP contribution is 2.90. The zero-order chi connectivity index (χ0) is 10.8. The molecule has 1 heterocycles. The second-order valence-corrected chi connectivity index (χ2v) is 6.03. The third-order valence-corrected chi connectivity index (χ3v) is 5.86. The minimum atomic E-state index is -0.143. The van der Waals surface area contributed by atoms with E-state index >= 15 is 0 Å². The number of imide groups is 1. The van der Waals surface area contributed by atoms with Crippen LogP contribution in [0.5, 0.6) is 0 Å². The summed E-state index contributed by atoms with van der Waals surface area (Å²) in [4.78, 5) is 24.0. The Morgan fingerprint density at radius 2 is 2.00 bits per heavy atom. The lowest BCUT2D eigenvalue weighted by atomic mass is 9.58. The number of allylic oxidation sites excluding steroid dienone is 2. The Morgan fingerprint density at radius 3 is 2.75 bits per heavy atom. The molecule has 7 unspecified atom stereocenters. The molecular weight excluding hydrogens is 204 g/mol. The van der Waals surface area contributed by atoms with Crippen LogP contribution < -0.4 is 5.84 Å². The predicted molar refractivity (Wildman–Crippen MR) is 53.2 cm³/mol. The van der Waals surface area contributed by atoms with Crippen LogP contribution in [0.2, 0.25) is 0 Å². The molecule has 5 aliphatic carbocycles. The normalized spacial score (nSPS) is 63.2. The Labute approximate surface area is 92.4 Å². The minimum absolute atomic E-state index is 0.128. The number of amides is 2. The Hall–Kier alpha value is -1.16. The summed E-state index contributed by atoms with van der Waals surface area (Å²) in [5.74, 6) is 7.15. The Bertz CT molecular complexity index is 499. The van der Waals surface area contributed by atoms with E-state index in [-0.39, 0.29) is 23.7 Å². The minimum Gasteiger partial charge on any atom is -0.273 e. The second-order valence-electron chi connectivity index (χ2n) is 6.03. The Morgan fingerprint density at radius 1 is 1.25 bits per heavy atom. The monoisotopic (exact) mass is 216 g/mol. The molecule has 0 radical (unpaired) electrons. The third kappa shape index (κ3) is 0.520. The van der Waals surface area contributed by atoms with Crippen molar-refractivity contribution in [3.05, 3.63) is 12.2 Å². The number of hydrogen-bond donors (Lipinski definition) is 1. The van der Waals surface area contributed by atoms with Crippen molar-refractivity contribution in [2.24, 2.45) is 46.8 Å². The zero-order valence-corrected chi connectivity index (χ0v) is 8.67. The molecule has 0 aromatic carbocycles. The first-order valence-corrected chi connectivity index (χ1v) is 5.99. The summed E-state index contributed by atoms with van der Waals surface area (Å²) < 4.78 is 0. The highest BCUT2D eigenvalue weighted by molar-refractivity contribution is 6.05. The van der Waals surface area contributed by atoms with Crippen molar-refractivity contribution < 1.29 is 9.59 Å². The van der Waals surface area contributed by atoms with Gasteiger partial charge in [-0.25, -0.2) is 10.9 Å². The largest absolute Gasteiger partial charge is 0.273 e. The molecule has 4 heteroatoms. The zero-order valence-electron chi connectivity index (χ0n) is 8.67. The molecule has 2 N–H and O–H groups in total. The fraction of sp³-hybridized carbons (Fsp3) is 0.667. The molecule has 6 rings (SSSR count). The van der Waals surface area contributed by atoms with Crippen molar-refractivity contribution in [3.63, 3.8) is 0 Å². The summed E-state index contributed by atoms with van der Waals surface area (Å²) in [5.41, 5.74) is 0.432. The van der Waals surface area contributed by atoms with Crippen LogP contribution in [0.15, 0.2) is 12.2 Å². The first-order valence-electron chi connectivity index (χ1n) is 5.99. The lowest BCUT2D eigenvalue weighted by Crippen LogP contribution is -2.44. The first-order chi connectivity index (χ1) is 7.68. The average molecular weight is 216 g/mol. The molecule has 7 atom stereocenters. The highest BCUT2D eigenvalue weighted by Gasteiger charge is 2.88. The highest BCUT2D eigenvalue weighted by atomic mass is 16.2. The van der Waals surface area contributed by atoms with Crippen LogP contribution in [0, 0.1) is 40.9 Å². The summed E-state index contributed by atoms with van der Waals surface area (Å²) in [6, 6.07) is 0. The van der Waals surface area contributed by atoms with Crippen LogP contribution in [0.4, 0.5) is 0 Å². The number of nitrogens with two attached hydrogens (primary N) is 1. The van der Waals surface area contributed by atoms with Crippen molar-refractivity contribution in [1.29, 1.82) is 0 Å². The summed E-state index contributed by atoms with van der Waals surface area (Å²) in [6.45, 7) is 0. The van der Waals surface area contributed by atoms with E-state index in [1.165, 1.54) is 6.42 Å². The van der Waals surface area contributed by atoms with E-state index in [1.807, 2.05) is 0 Å². The van der Waals surface area contributed by atoms with Crippen molar-refractivity contribution in [3.8, 4) is 0 Å². The van der Waals surface area contributed by atoms with E-state index in [1.54, 1.807) is 0 Å². The van der Waals surface area contributed by atoms with Crippen molar-refractivity contribution in [1.82, 2.24) is 5.01 Å². The van der Waals surface area contributed by atoms with Gasteiger partial charge in [-0.2, -0.15) is 0 Å². The van der Waals surface area contributed by atoms with Crippen LogP contribution in [0.3, 0.4) is 0 Å². The molecule has 16 heavy (non-hydrogen) atoms. The van der Waals surface area contributed by atoms with Gasteiger partial charge in [0.2, 0.25) is 11.8 Å². The molecule has 4 fully saturated rings. The maximum atomic E-state index is 12.0. The van der Waals surface area contributed by atoms with Gasteiger partial charge >= 0.3 is 0 Å². The van der Waals surface area contributed by atoms with E-state index in [9.17, 15) is 9.59 Å². The number of carbonyl (C=O) groups is 2. The van der Waals surface area contributed by atoms with E-state index in [0.29, 0.717) is 23.2 Å². The van der Waals surface area contributed by atoms with E-state index in [2.05, 4.69) is 12.2 Å². The molecular formula is C12H12N2O2. The molecule has 1 saturated heterocycles. The Kier molecular flexibility index (Phi) is 0.941. The van der Waals surface area contributed by atoms with Crippen LogP contribution in [0.1, 0.15) is 6.42 Å². The molecule has 0 aromatic heterocycles. The van der Waals surface area contributed by atoms with Gasteiger partial charge in [0.15, 0.2) is 0 Å². The molecule has 1 spiro atoms.